The Balaban J connectivity index is 3.89. The van der Waals surface area contributed by atoms with Crippen LogP contribution >= 0.6 is 0 Å². The molecule has 0 unspecified atom stereocenters. The van der Waals surface area contributed by atoms with Gasteiger partial charge in [-0.25, -0.2) is 0 Å². The fourth-order valence-electron chi connectivity index (χ4n) is 0.537. The zero-order valence-electron chi connectivity index (χ0n) is 7.26. The van der Waals surface area contributed by atoms with E-state index in [0.717, 1.165) is 0 Å². The first-order valence-electron chi connectivity index (χ1n) is 3.62. The van der Waals surface area contributed by atoms with E-state index in [1.807, 2.05) is 20.8 Å². The second kappa shape index (κ2) is 4.06. The van der Waals surface area contributed by atoms with Gasteiger partial charge in [0.05, 0.1) is 0 Å². The van der Waals surface area contributed by atoms with E-state index < -0.39 is 0 Å². The number of carbonyl (C=O) groups is 2. The SMILES string of the molecule is CC(C)(C)C(=O)CC=CC=O. The molecule has 0 fully saturated rings. The number of hydrogen-bond donors (Lipinski definition) is 0. The molecule has 0 radical (unpaired) electrons. The van der Waals surface area contributed by atoms with Crippen molar-refractivity contribution in [3.63, 3.8) is 0 Å². The van der Waals surface area contributed by atoms with Gasteiger partial charge in [0, 0.05) is 11.8 Å². The monoisotopic (exact) mass is 154 g/mol. The molecule has 0 aliphatic rings. The zero-order chi connectivity index (χ0) is 8.91. The lowest BCUT2D eigenvalue weighted by molar-refractivity contribution is -0.125. The molecule has 0 bridgehead atoms. The van der Waals surface area contributed by atoms with Gasteiger partial charge in [0.2, 0.25) is 0 Å². The Bertz CT molecular complexity index is 172. The van der Waals surface area contributed by atoms with Crippen molar-refractivity contribution in [3.05, 3.63) is 12.2 Å². The summed E-state index contributed by atoms with van der Waals surface area (Å²) in [6.45, 7) is 5.60. The summed E-state index contributed by atoms with van der Waals surface area (Å²) in [5.74, 6) is 0.149. The molecule has 62 valence electrons. The van der Waals surface area contributed by atoms with Crippen LogP contribution in [0.3, 0.4) is 0 Å². The van der Waals surface area contributed by atoms with E-state index in [2.05, 4.69) is 0 Å². The summed E-state index contributed by atoms with van der Waals surface area (Å²) in [6, 6.07) is 0. The summed E-state index contributed by atoms with van der Waals surface area (Å²) in [5.41, 5.74) is -0.298. The minimum Gasteiger partial charge on any atom is -0.299 e. The van der Waals surface area contributed by atoms with Crippen molar-refractivity contribution in [2.75, 3.05) is 0 Å². The quantitative estimate of drug-likeness (QED) is 0.458. The molecule has 0 amide bonds. The minimum absolute atomic E-state index is 0.149. The van der Waals surface area contributed by atoms with Gasteiger partial charge in [0.25, 0.3) is 0 Å². The Kier molecular flexibility index (Phi) is 3.72. The third-order valence-electron chi connectivity index (χ3n) is 1.35. The maximum Gasteiger partial charge on any atom is 0.142 e. The summed E-state index contributed by atoms with van der Waals surface area (Å²) in [6.07, 6.45) is 3.96. The van der Waals surface area contributed by atoms with E-state index in [1.54, 1.807) is 6.08 Å². The Morgan fingerprint density at radius 1 is 1.36 bits per heavy atom. The second-order valence-corrected chi connectivity index (χ2v) is 3.44. The molecule has 0 saturated carbocycles. The standard InChI is InChI=1S/C9H14O2/c1-9(2,3)8(11)6-4-5-7-10/h4-5,7H,6H2,1-3H3. The lowest BCUT2D eigenvalue weighted by Gasteiger charge is -2.14. The van der Waals surface area contributed by atoms with E-state index in [9.17, 15) is 9.59 Å². The highest BCUT2D eigenvalue weighted by Gasteiger charge is 2.18. The Labute approximate surface area is 67.3 Å². The summed E-state index contributed by atoms with van der Waals surface area (Å²) < 4.78 is 0. The van der Waals surface area contributed by atoms with Gasteiger partial charge in [0.1, 0.15) is 12.1 Å². The van der Waals surface area contributed by atoms with Gasteiger partial charge in [-0.15, -0.1) is 0 Å². The predicted molar refractivity (Wildman–Crippen MR) is 44.3 cm³/mol. The fraction of sp³-hybridized carbons (Fsp3) is 0.556. The van der Waals surface area contributed by atoms with Gasteiger partial charge in [-0.2, -0.15) is 0 Å². The number of carbonyl (C=O) groups excluding carboxylic acids is 2. The molecule has 2 nitrogen and oxygen atoms in total. The number of allylic oxidation sites excluding steroid dienone is 2. The lowest BCUT2D eigenvalue weighted by atomic mass is 9.89. The first-order chi connectivity index (χ1) is 4.98. The highest BCUT2D eigenvalue weighted by atomic mass is 16.1. The van der Waals surface area contributed by atoms with Crippen LogP contribution in [0.2, 0.25) is 0 Å². The summed E-state index contributed by atoms with van der Waals surface area (Å²) in [4.78, 5) is 21.0. The maximum absolute atomic E-state index is 11.2. The van der Waals surface area contributed by atoms with Gasteiger partial charge >= 0.3 is 0 Å². The molecule has 0 aliphatic heterocycles. The molecular formula is C9H14O2. The van der Waals surface area contributed by atoms with Crippen LogP contribution in [0.4, 0.5) is 0 Å². The second-order valence-electron chi connectivity index (χ2n) is 3.44. The molecule has 0 spiro atoms. The summed E-state index contributed by atoms with van der Waals surface area (Å²) in [5, 5.41) is 0. The van der Waals surface area contributed by atoms with Crippen LogP contribution in [-0.4, -0.2) is 12.1 Å². The molecule has 2 heteroatoms. The third-order valence-corrected chi connectivity index (χ3v) is 1.35. The summed E-state index contributed by atoms with van der Waals surface area (Å²) >= 11 is 0. The van der Waals surface area contributed by atoms with Crippen LogP contribution in [0.15, 0.2) is 12.2 Å². The van der Waals surface area contributed by atoms with Gasteiger partial charge in [-0.05, 0) is 6.08 Å². The van der Waals surface area contributed by atoms with Gasteiger partial charge in [-0.3, -0.25) is 9.59 Å². The van der Waals surface area contributed by atoms with Gasteiger partial charge in [-0.1, -0.05) is 26.8 Å². The number of aldehydes is 1. The molecule has 0 aromatic rings. The van der Waals surface area contributed by atoms with E-state index in [4.69, 9.17) is 0 Å². The van der Waals surface area contributed by atoms with Crippen LogP contribution in [-0.2, 0) is 9.59 Å². The molecule has 0 aliphatic carbocycles. The number of ketones is 1. The van der Waals surface area contributed by atoms with Crippen molar-refractivity contribution in [3.8, 4) is 0 Å². The van der Waals surface area contributed by atoms with Crippen LogP contribution in [0.5, 0.6) is 0 Å². The predicted octanol–water partition coefficient (Wildman–Crippen LogP) is 1.75. The highest BCUT2D eigenvalue weighted by Crippen LogP contribution is 2.16. The van der Waals surface area contributed by atoms with Gasteiger partial charge in [0.15, 0.2) is 0 Å². The molecule has 0 saturated heterocycles. The average molecular weight is 154 g/mol. The molecule has 0 aromatic heterocycles. The smallest absolute Gasteiger partial charge is 0.142 e. The first-order valence-corrected chi connectivity index (χ1v) is 3.62. The fourth-order valence-corrected chi connectivity index (χ4v) is 0.537. The van der Waals surface area contributed by atoms with Gasteiger partial charge < -0.3 is 0 Å². The minimum atomic E-state index is -0.298. The summed E-state index contributed by atoms with van der Waals surface area (Å²) in [7, 11) is 0. The first kappa shape index (κ1) is 10.1. The molecule has 0 N–H and O–H groups in total. The van der Waals surface area contributed by atoms with Crippen molar-refractivity contribution in [1.82, 2.24) is 0 Å². The lowest BCUT2D eigenvalue weighted by Crippen LogP contribution is -2.18. The molecular weight excluding hydrogens is 140 g/mol. The number of rotatable bonds is 3. The normalized spacial score (nSPS) is 11.9. The van der Waals surface area contributed by atoms with Crippen molar-refractivity contribution >= 4 is 12.1 Å². The van der Waals surface area contributed by atoms with Crippen LogP contribution in [0, 0.1) is 5.41 Å². The maximum atomic E-state index is 11.2. The highest BCUT2D eigenvalue weighted by molar-refractivity contribution is 5.85. The molecule has 0 atom stereocenters. The zero-order valence-corrected chi connectivity index (χ0v) is 7.26. The van der Waals surface area contributed by atoms with Crippen molar-refractivity contribution in [2.45, 2.75) is 27.2 Å². The number of hydrogen-bond acceptors (Lipinski definition) is 2. The van der Waals surface area contributed by atoms with E-state index >= 15 is 0 Å². The molecule has 11 heavy (non-hydrogen) atoms. The van der Waals surface area contributed by atoms with E-state index in [0.29, 0.717) is 12.7 Å². The van der Waals surface area contributed by atoms with Crippen molar-refractivity contribution in [2.24, 2.45) is 5.41 Å². The topological polar surface area (TPSA) is 34.1 Å². The molecule has 0 rings (SSSR count). The third kappa shape index (κ3) is 4.48. The molecule has 0 heterocycles. The molecule has 0 aromatic carbocycles. The Morgan fingerprint density at radius 3 is 2.27 bits per heavy atom. The van der Waals surface area contributed by atoms with E-state index in [-0.39, 0.29) is 11.2 Å². The van der Waals surface area contributed by atoms with E-state index in [1.165, 1.54) is 6.08 Å². The van der Waals surface area contributed by atoms with Crippen molar-refractivity contribution < 1.29 is 9.59 Å². The Morgan fingerprint density at radius 2 is 1.91 bits per heavy atom. The van der Waals surface area contributed by atoms with Crippen LogP contribution < -0.4 is 0 Å². The number of Topliss-reactive ketones (excluding diaryl/α,β-unsaturated/α-hetero) is 1. The van der Waals surface area contributed by atoms with Crippen molar-refractivity contribution in [1.29, 1.82) is 0 Å². The van der Waals surface area contributed by atoms with Crippen LogP contribution in [0.25, 0.3) is 0 Å². The Hall–Kier alpha value is -0.920. The average Bonchev–Trinajstić information content (AvgIpc) is 1.86. The van der Waals surface area contributed by atoms with Crippen LogP contribution in [0.1, 0.15) is 27.2 Å². The largest absolute Gasteiger partial charge is 0.299 e.